The first-order valence-corrected chi connectivity index (χ1v) is 11.2. The fourth-order valence-corrected chi connectivity index (χ4v) is 4.35. The van der Waals surface area contributed by atoms with Gasteiger partial charge in [-0.2, -0.15) is 0 Å². The molecule has 0 aliphatic rings. The molecule has 0 fully saturated rings. The van der Waals surface area contributed by atoms with E-state index >= 15 is 0 Å². The summed E-state index contributed by atoms with van der Waals surface area (Å²) in [5, 5.41) is 3.32. The van der Waals surface area contributed by atoms with Crippen LogP contribution in [0, 0.1) is 6.92 Å². The number of sulfonamides is 1. The Morgan fingerprint density at radius 3 is 2.54 bits per heavy atom. The van der Waals surface area contributed by atoms with Gasteiger partial charge in [0.15, 0.2) is 0 Å². The summed E-state index contributed by atoms with van der Waals surface area (Å²) in [6, 6.07) is 12.3. The van der Waals surface area contributed by atoms with Crippen molar-refractivity contribution in [2.24, 2.45) is 0 Å². The van der Waals surface area contributed by atoms with E-state index in [1.807, 2.05) is 25.1 Å². The second kappa shape index (κ2) is 8.79. The van der Waals surface area contributed by atoms with Crippen molar-refractivity contribution in [1.82, 2.24) is 0 Å². The summed E-state index contributed by atoms with van der Waals surface area (Å²) in [6.07, 6.45) is 1.08. The van der Waals surface area contributed by atoms with Crippen LogP contribution in [0.3, 0.4) is 0 Å². The van der Waals surface area contributed by atoms with Gasteiger partial charge in [0.2, 0.25) is 15.9 Å². The van der Waals surface area contributed by atoms with Gasteiger partial charge in [0.25, 0.3) is 0 Å². The second-order valence-corrected chi connectivity index (χ2v) is 9.33. The number of para-hydroxylation sites is 1. The summed E-state index contributed by atoms with van der Waals surface area (Å²) >= 11 is 7.55. The quantitative estimate of drug-likeness (QED) is 0.693. The number of halogens is 1. The summed E-state index contributed by atoms with van der Waals surface area (Å²) in [5.74, 6) is 0.459. The normalized spacial score (nSPS) is 11.2. The van der Waals surface area contributed by atoms with Crippen molar-refractivity contribution < 1.29 is 13.2 Å². The molecule has 0 unspecified atom stereocenters. The molecular weight excluding hydrogens is 392 g/mol. The summed E-state index contributed by atoms with van der Waals surface area (Å²) in [5.41, 5.74) is 1.78. The van der Waals surface area contributed by atoms with Gasteiger partial charge >= 0.3 is 0 Å². The van der Waals surface area contributed by atoms with Gasteiger partial charge in [-0.15, -0.1) is 11.8 Å². The summed E-state index contributed by atoms with van der Waals surface area (Å²) < 4.78 is 25.6. The van der Waals surface area contributed by atoms with Gasteiger partial charge in [-0.05, 0) is 48.6 Å². The number of nitrogens with zero attached hydrogens (tertiary/aromatic N) is 1. The number of nitrogens with one attached hydrogen (secondary N) is 1. The largest absolute Gasteiger partial charge is 0.323 e. The molecule has 2 aromatic carbocycles. The van der Waals surface area contributed by atoms with E-state index in [0.717, 1.165) is 21.2 Å². The highest BCUT2D eigenvalue weighted by atomic mass is 35.5. The minimum atomic E-state index is -3.64. The zero-order chi connectivity index (χ0) is 19.3. The highest BCUT2D eigenvalue weighted by Crippen LogP contribution is 2.28. The molecule has 26 heavy (non-hydrogen) atoms. The maximum absolute atomic E-state index is 12.5. The van der Waals surface area contributed by atoms with Crippen molar-refractivity contribution in [3.05, 3.63) is 53.1 Å². The Balaban J connectivity index is 2.26. The predicted octanol–water partition coefficient (Wildman–Crippen LogP) is 4.17. The Hall–Kier alpha value is -1.70. The first kappa shape index (κ1) is 20.6. The van der Waals surface area contributed by atoms with E-state index < -0.39 is 15.9 Å². The van der Waals surface area contributed by atoms with Gasteiger partial charge in [0.1, 0.15) is 6.54 Å². The zero-order valence-corrected chi connectivity index (χ0v) is 17.2. The number of thioether (sulfide) groups is 1. The minimum Gasteiger partial charge on any atom is -0.323 e. The first-order valence-electron chi connectivity index (χ1n) is 7.98. The highest BCUT2D eigenvalue weighted by molar-refractivity contribution is 7.99. The van der Waals surface area contributed by atoms with Crippen LogP contribution < -0.4 is 9.62 Å². The highest BCUT2D eigenvalue weighted by Gasteiger charge is 2.23. The molecule has 2 rings (SSSR count). The van der Waals surface area contributed by atoms with E-state index in [-0.39, 0.29) is 6.54 Å². The Kier molecular flexibility index (Phi) is 6.97. The molecule has 0 atom stereocenters. The molecule has 0 aliphatic carbocycles. The fraction of sp³-hybridized carbons (Fsp3) is 0.278. The number of hydrogen-bond donors (Lipinski definition) is 1. The number of aryl methyl sites for hydroxylation is 1. The average molecular weight is 413 g/mol. The average Bonchev–Trinajstić information content (AvgIpc) is 2.54. The van der Waals surface area contributed by atoms with Gasteiger partial charge < -0.3 is 5.32 Å². The van der Waals surface area contributed by atoms with Crippen LogP contribution in [0.1, 0.15) is 12.5 Å². The molecule has 0 spiro atoms. The van der Waals surface area contributed by atoms with Gasteiger partial charge in [-0.1, -0.05) is 30.7 Å². The van der Waals surface area contributed by atoms with Crippen LogP contribution in [-0.2, 0) is 14.8 Å². The lowest BCUT2D eigenvalue weighted by molar-refractivity contribution is -0.114. The third kappa shape index (κ3) is 5.40. The second-order valence-electron chi connectivity index (χ2n) is 5.68. The number of carbonyl (C=O) groups is 1. The van der Waals surface area contributed by atoms with Gasteiger partial charge in [-0.3, -0.25) is 9.10 Å². The van der Waals surface area contributed by atoms with Crippen LogP contribution in [0.4, 0.5) is 11.4 Å². The van der Waals surface area contributed by atoms with E-state index in [4.69, 9.17) is 11.6 Å². The molecule has 0 aliphatic heterocycles. The van der Waals surface area contributed by atoms with Crippen LogP contribution in [0.15, 0.2) is 47.4 Å². The van der Waals surface area contributed by atoms with E-state index in [9.17, 15) is 13.2 Å². The lowest BCUT2D eigenvalue weighted by Crippen LogP contribution is -2.37. The van der Waals surface area contributed by atoms with Gasteiger partial charge in [0.05, 0.1) is 17.6 Å². The molecule has 5 nitrogen and oxygen atoms in total. The number of rotatable bonds is 7. The monoisotopic (exact) mass is 412 g/mol. The lowest BCUT2D eigenvalue weighted by atomic mass is 10.2. The minimum absolute atomic E-state index is 0.313. The first-order chi connectivity index (χ1) is 12.2. The number of amides is 1. The maximum Gasteiger partial charge on any atom is 0.245 e. The molecule has 0 bridgehead atoms. The number of anilines is 2. The molecule has 0 saturated carbocycles. The number of hydrogen-bond acceptors (Lipinski definition) is 4. The molecule has 0 aromatic heterocycles. The molecule has 140 valence electrons. The van der Waals surface area contributed by atoms with Gasteiger partial charge in [0, 0.05) is 9.92 Å². The van der Waals surface area contributed by atoms with Crippen molar-refractivity contribution in [3.8, 4) is 0 Å². The van der Waals surface area contributed by atoms with Gasteiger partial charge in [-0.25, -0.2) is 8.42 Å². The van der Waals surface area contributed by atoms with E-state index in [1.165, 1.54) is 0 Å². The molecule has 0 saturated heterocycles. The van der Waals surface area contributed by atoms with E-state index in [2.05, 4.69) is 5.32 Å². The standard InChI is InChI=1S/C18H21ClN2O3S2/c1-4-25-17-8-6-5-7-15(17)20-18(22)12-21(26(3,23)24)16-10-9-14(19)11-13(16)2/h5-11H,4,12H2,1-3H3,(H,20,22). The lowest BCUT2D eigenvalue weighted by Gasteiger charge is -2.24. The third-order valence-corrected chi connectivity index (χ3v) is 5.89. The molecule has 1 N–H and O–H groups in total. The Morgan fingerprint density at radius 2 is 1.92 bits per heavy atom. The van der Waals surface area contributed by atoms with E-state index in [1.54, 1.807) is 43.0 Å². The smallest absolute Gasteiger partial charge is 0.245 e. The molecule has 8 heteroatoms. The zero-order valence-electron chi connectivity index (χ0n) is 14.8. The van der Waals surface area contributed by atoms with Crippen LogP contribution in [0.2, 0.25) is 5.02 Å². The van der Waals surface area contributed by atoms with Crippen molar-refractivity contribution >= 4 is 50.7 Å². The molecule has 1 amide bonds. The van der Waals surface area contributed by atoms with Crippen molar-refractivity contribution in [2.45, 2.75) is 18.7 Å². The van der Waals surface area contributed by atoms with Crippen molar-refractivity contribution in [1.29, 1.82) is 0 Å². The molecule has 0 radical (unpaired) electrons. The topological polar surface area (TPSA) is 66.5 Å². The Morgan fingerprint density at radius 1 is 1.23 bits per heavy atom. The summed E-state index contributed by atoms with van der Waals surface area (Å²) in [6.45, 7) is 3.47. The van der Waals surface area contributed by atoms with Crippen LogP contribution in [0.5, 0.6) is 0 Å². The molecular formula is C18H21ClN2O3S2. The number of carbonyl (C=O) groups excluding carboxylic acids is 1. The van der Waals surface area contributed by atoms with Crippen LogP contribution in [-0.4, -0.2) is 32.9 Å². The Labute approximate surface area is 163 Å². The van der Waals surface area contributed by atoms with E-state index in [0.29, 0.717) is 22.0 Å². The SMILES string of the molecule is CCSc1ccccc1NC(=O)CN(c1ccc(Cl)cc1C)S(C)(=O)=O. The summed E-state index contributed by atoms with van der Waals surface area (Å²) in [7, 11) is -3.64. The predicted molar refractivity (Wildman–Crippen MR) is 110 cm³/mol. The fourth-order valence-electron chi connectivity index (χ4n) is 2.45. The molecule has 2 aromatic rings. The Bertz CT molecular complexity index is 901. The van der Waals surface area contributed by atoms with Crippen molar-refractivity contribution in [2.75, 3.05) is 28.2 Å². The third-order valence-electron chi connectivity index (χ3n) is 3.58. The van der Waals surface area contributed by atoms with Crippen LogP contribution >= 0.6 is 23.4 Å². The van der Waals surface area contributed by atoms with Crippen LogP contribution in [0.25, 0.3) is 0 Å². The molecule has 0 heterocycles. The summed E-state index contributed by atoms with van der Waals surface area (Å²) in [4.78, 5) is 13.5. The number of benzene rings is 2. The van der Waals surface area contributed by atoms with Crippen molar-refractivity contribution in [3.63, 3.8) is 0 Å². The maximum atomic E-state index is 12.5.